The van der Waals surface area contributed by atoms with Gasteiger partial charge in [0.25, 0.3) is 11.8 Å². The molecule has 0 bridgehead atoms. The molecule has 1 atom stereocenters. The molecule has 0 unspecified atom stereocenters. The quantitative estimate of drug-likeness (QED) is 0.209. The van der Waals surface area contributed by atoms with Crippen LogP contribution in [0.15, 0.2) is 72.8 Å². The number of hydrogen-bond donors (Lipinski definition) is 1. The van der Waals surface area contributed by atoms with Gasteiger partial charge in [-0.25, -0.2) is 4.68 Å². The number of nitrogens with zero attached hydrogens (tertiary/aromatic N) is 4. The number of unbranched alkanes of at least 4 members (excludes halogenated alkanes) is 2. The van der Waals surface area contributed by atoms with Crippen molar-refractivity contribution in [3.05, 3.63) is 106 Å². The summed E-state index contributed by atoms with van der Waals surface area (Å²) in [5.41, 5.74) is 7.59. The van der Waals surface area contributed by atoms with E-state index in [4.69, 9.17) is 5.10 Å². The fourth-order valence-electron chi connectivity index (χ4n) is 6.04. The van der Waals surface area contributed by atoms with Gasteiger partial charge in [0.05, 0.1) is 23.9 Å². The Hall–Kier alpha value is -4.23. The fourth-order valence-corrected chi connectivity index (χ4v) is 6.04. The molecule has 44 heavy (non-hydrogen) atoms. The average Bonchev–Trinajstić information content (AvgIpc) is 3.44. The van der Waals surface area contributed by atoms with Gasteiger partial charge in [-0.15, -0.1) is 0 Å². The maximum absolute atomic E-state index is 14.5. The second kappa shape index (κ2) is 14.0. The smallest absolute Gasteiger partial charge is 0.274 e. The van der Waals surface area contributed by atoms with Gasteiger partial charge in [0.1, 0.15) is 0 Å². The van der Waals surface area contributed by atoms with Gasteiger partial charge in [-0.1, -0.05) is 86.8 Å². The van der Waals surface area contributed by atoms with Crippen LogP contribution in [0.4, 0.5) is 0 Å². The normalized spacial score (nSPS) is 14.4. The minimum absolute atomic E-state index is 0.0778. The molecular weight excluding hydrogens is 548 g/mol. The highest BCUT2D eigenvalue weighted by atomic mass is 16.3. The van der Waals surface area contributed by atoms with Crippen LogP contribution >= 0.6 is 0 Å². The second-order valence-corrected chi connectivity index (χ2v) is 11.9. The predicted octanol–water partition coefficient (Wildman–Crippen LogP) is 6.76. The molecule has 0 saturated carbocycles. The lowest BCUT2D eigenvalue weighted by atomic mass is 9.93. The topological polar surface area (TPSA) is 78.7 Å². The van der Waals surface area contributed by atoms with Crippen molar-refractivity contribution in [2.24, 2.45) is 0 Å². The third-order valence-corrected chi connectivity index (χ3v) is 8.59. The number of hydrogen-bond acceptors (Lipinski definition) is 4. The zero-order chi connectivity index (χ0) is 31.2. The number of amides is 2. The lowest BCUT2D eigenvalue weighted by Crippen LogP contribution is -2.46. The number of aromatic nitrogens is 2. The van der Waals surface area contributed by atoms with Crippen LogP contribution in [0.3, 0.4) is 0 Å². The SMILES string of the molecule is CCCCN(CCCC)C(=O)c1cc(C)n(-c2ccc(-c3cccc(C)c3)cc2C(=O)N2Cc3ccccc3C[C@H]2CO)n1. The molecule has 1 aliphatic rings. The molecule has 4 aromatic rings. The number of aliphatic hydroxyl groups is 1. The first kappa shape index (κ1) is 31.2. The van der Waals surface area contributed by atoms with Crippen LogP contribution in [0.2, 0.25) is 0 Å². The van der Waals surface area contributed by atoms with Crippen molar-refractivity contribution in [2.75, 3.05) is 19.7 Å². The van der Waals surface area contributed by atoms with E-state index in [1.807, 2.05) is 66.4 Å². The Balaban J connectivity index is 1.58. The number of carbonyl (C=O) groups excluding carboxylic acids is 2. The van der Waals surface area contributed by atoms with E-state index in [1.54, 1.807) is 9.58 Å². The number of benzene rings is 3. The molecule has 1 aliphatic heterocycles. The zero-order valence-corrected chi connectivity index (χ0v) is 26.4. The van der Waals surface area contributed by atoms with E-state index in [-0.39, 0.29) is 24.5 Å². The predicted molar refractivity (Wildman–Crippen MR) is 175 cm³/mol. The van der Waals surface area contributed by atoms with Crippen LogP contribution < -0.4 is 0 Å². The van der Waals surface area contributed by atoms with Crippen molar-refractivity contribution < 1.29 is 14.7 Å². The van der Waals surface area contributed by atoms with Crippen molar-refractivity contribution in [1.82, 2.24) is 19.6 Å². The highest BCUT2D eigenvalue weighted by Gasteiger charge is 2.32. The zero-order valence-electron chi connectivity index (χ0n) is 26.4. The summed E-state index contributed by atoms with van der Waals surface area (Å²) in [6.45, 7) is 9.92. The molecular formula is C37H44N4O3. The van der Waals surface area contributed by atoms with Crippen LogP contribution in [-0.4, -0.2) is 62.2 Å². The highest BCUT2D eigenvalue weighted by molar-refractivity contribution is 6.00. The van der Waals surface area contributed by atoms with E-state index in [0.29, 0.717) is 43.0 Å². The van der Waals surface area contributed by atoms with Gasteiger partial charge >= 0.3 is 0 Å². The molecule has 7 heteroatoms. The van der Waals surface area contributed by atoms with Gasteiger partial charge in [0.15, 0.2) is 5.69 Å². The summed E-state index contributed by atoms with van der Waals surface area (Å²) in [5, 5.41) is 15.2. The van der Waals surface area contributed by atoms with Crippen molar-refractivity contribution in [3.63, 3.8) is 0 Å². The molecule has 0 radical (unpaired) electrons. The summed E-state index contributed by atoms with van der Waals surface area (Å²) >= 11 is 0. The van der Waals surface area contributed by atoms with Crippen LogP contribution in [0.25, 0.3) is 16.8 Å². The van der Waals surface area contributed by atoms with Crippen molar-refractivity contribution in [2.45, 2.75) is 72.4 Å². The largest absolute Gasteiger partial charge is 0.394 e. The molecule has 3 aromatic carbocycles. The lowest BCUT2D eigenvalue weighted by molar-refractivity contribution is 0.0544. The van der Waals surface area contributed by atoms with Crippen LogP contribution in [-0.2, 0) is 13.0 Å². The molecule has 1 aromatic heterocycles. The van der Waals surface area contributed by atoms with Gasteiger partial charge in [-0.3, -0.25) is 9.59 Å². The number of aliphatic hydroxyl groups excluding tert-OH is 1. The number of carbonyl (C=O) groups is 2. The Bertz CT molecular complexity index is 1620. The van der Waals surface area contributed by atoms with E-state index < -0.39 is 0 Å². The average molecular weight is 593 g/mol. The minimum Gasteiger partial charge on any atom is -0.394 e. The molecule has 0 aliphatic carbocycles. The van der Waals surface area contributed by atoms with Crippen LogP contribution in [0.1, 0.15) is 82.8 Å². The first-order valence-corrected chi connectivity index (χ1v) is 15.9. The number of aryl methyl sites for hydroxylation is 2. The van der Waals surface area contributed by atoms with E-state index in [1.165, 1.54) is 0 Å². The van der Waals surface area contributed by atoms with Crippen molar-refractivity contribution in [3.8, 4) is 16.8 Å². The van der Waals surface area contributed by atoms with E-state index >= 15 is 0 Å². The van der Waals surface area contributed by atoms with Gasteiger partial charge in [0, 0.05) is 25.3 Å². The fraction of sp³-hybridized carbons (Fsp3) is 0.378. The Labute approximate surface area is 261 Å². The van der Waals surface area contributed by atoms with E-state index in [9.17, 15) is 14.7 Å². The third kappa shape index (κ3) is 6.63. The standard InChI is InChI=1S/C37H44N4O3/c1-5-7-18-39(19-8-6-2)37(44)34-21-27(4)41(38-34)35-17-16-30(28-15-11-12-26(3)20-28)23-33(35)36(43)40-24-31-14-10-9-13-29(31)22-32(40)25-42/h9-17,20-21,23,32,42H,5-8,18-19,22,24-25H2,1-4H3/t32-/m0/s1. The monoisotopic (exact) mass is 592 g/mol. The third-order valence-electron chi connectivity index (χ3n) is 8.59. The Morgan fingerprint density at radius 3 is 2.27 bits per heavy atom. The van der Waals surface area contributed by atoms with Gasteiger partial charge in [0.2, 0.25) is 0 Å². The van der Waals surface area contributed by atoms with Crippen molar-refractivity contribution in [1.29, 1.82) is 0 Å². The molecule has 5 rings (SSSR count). The second-order valence-electron chi connectivity index (χ2n) is 11.9. The summed E-state index contributed by atoms with van der Waals surface area (Å²) in [4.78, 5) is 31.8. The van der Waals surface area contributed by atoms with Gasteiger partial charge in [-0.2, -0.15) is 5.10 Å². The summed E-state index contributed by atoms with van der Waals surface area (Å²) in [5.74, 6) is -0.246. The highest BCUT2D eigenvalue weighted by Crippen LogP contribution is 2.31. The minimum atomic E-state index is -0.338. The Morgan fingerprint density at radius 1 is 0.886 bits per heavy atom. The molecule has 0 spiro atoms. The maximum Gasteiger partial charge on any atom is 0.274 e. The van der Waals surface area contributed by atoms with Gasteiger partial charge < -0.3 is 14.9 Å². The Kier molecular flexibility index (Phi) is 9.95. The summed E-state index contributed by atoms with van der Waals surface area (Å²) in [6.07, 6.45) is 4.50. The molecule has 230 valence electrons. The molecule has 2 heterocycles. The summed E-state index contributed by atoms with van der Waals surface area (Å²) in [6, 6.07) is 23.7. The molecule has 0 fully saturated rings. The summed E-state index contributed by atoms with van der Waals surface area (Å²) < 4.78 is 1.73. The molecule has 1 N–H and O–H groups in total. The lowest BCUT2D eigenvalue weighted by Gasteiger charge is -2.36. The molecule has 2 amide bonds. The number of fused-ring (bicyclic) bond motifs is 1. The molecule has 7 nitrogen and oxygen atoms in total. The molecule has 0 saturated heterocycles. The summed E-state index contributed by atoms with van der Waals surface area (Å²) in [7, 11) is 0. The van der Waals surface area contributed by atoms with E-state index in [2.05, 4.69) is 39.0 Å². The maximum atomic E-state index is 14.5. The Morgan fingerprint density at radius 2 is 1.59 bits per heavy atom. The van der Waals surface area contributed by atoms with Crippen LogP contribution in [0, 0.1) is 13.8 Å². The first-order valence-electron chi connectivity index (χ1n) is 15.9. The van der Waals surface area contributed by atoms with Gasteiger partial charge in [-0.05, 0) is 73.6 Å². The van der Waals surface area contributed by atoms with E-state index in [0.717, 1.165) is 59.2 Å². The van der Waals surface area contributed by atoms with Crippen LogP contribution in [0.5, 0.6) is 0 Å². The first-order chi connectivity index (χ1) is 21.3. The van der Waals surface area contributed by atoms with Crippen molar-refractivity contribution >= 4 is 11.8 Å². The number of rotatable bonds is 11.